The summed E-state index contributed by atoms with van der Waals surface area (Å²) >= 11 is 1.43. The highest BCUT2D eigenvalue weighted by atomic mass is 32.2. The topological polar surface area (TPSA) is 77.0 Å². The van der Waals surface area contributed by atoms with E-state index in [1.807, 2.05) is 0 Å². The Hall–Kier alpha value is -1.24. The first-order valence-electron chi connectivity index (χ1n) is 4.87. The molecule has 1 N–H and O–H groups in total. The number of hydrogen-bond acceptors (Lipinski definition) is 6. The Kier molecular flexibility index (Phi) is 5.10. The normalized spacial score (nSPS) is 21.9. The van der Waals surface area contributed by atoms with Gasteiger partial charge in [-0.05, 0) is 6.92 Å². The van der Waals surface area contributed by atoms with E-state index >= 15 is 0 Å². The van der Waals surface area contributed by atoms with Gasteiger partial charge in [-0.2, -0.15) is 5.10 Å². The van der Waals surface area contributed by atoms with Gasteiger partial charge in [0.25, 0.3) is 0 Å². The highest BCUT2D eigenvalue weighted by molar-refractivity contribution is 8.14. The molecule has 90 valence electrons. The van der Waals surface area contributed by atoms with Crippen LogP contribution in [-0.2, 0) is 14.3 Å². The van der Waals surface area contributed by atoms with Gasteiger partial charge in [-0.1, -0.05) is 0 Å². The molecule has 1 fully saturated rings. The molecule has 0 unspecified atom stereocenters. The summed E-state index contributed by atoms with van der Waals surface area (Å²) in [6, 6.07) is 0. The lowest BCUT2D eigenvalue weighted by molar-refractivity contribution is -0.144. The molecule has 1 aliphatic rings. The third kappa shape index (κ3) is 3.73. The summed E-state index contributed by atoms with van der Waals surface area (Å²) in [7, 11) is 1.36. The van der Waals surface area contributed by atoms with Crippen LogP contribution >= 0.6 is 11.8 Å². The second kappa shape index (κ2) is 6.37. The van der Waals surface area contributed by atoms with Gasteiger partial charge in [0.2, 0.25) is 0 Å². The number of nitrogens with zero attached hydrogens (tertiary/aromatic N) is 1. The third-order valence-corrected chi connectivity index (χ3v) is 3.11. The van der Waals surface area contributed by atoms with E-state index in [2.05, 4.69) is 20.0 Å². The predicted octanol–water partition coefficient (Wildman–Crippen LogP) is 0.972. The Balaban J connectivity index is 2.37. The minimum absolute atomic E-state index is 0.169. The van der Waals surface area contributed by atoms with E-state index in [4.69, 9.17) is 0 Å². The Morgan fingerprint density at radius 1 is 1.62 bits per heavy atom. The van der Waals surface area contributed by atoms with Crippen LogP contribution in [0.3, 0.4) is 0 Å². The van der Waals surface area contributed by atoms with Crippen molar-refractivity contribution in [2.24, 2.45) is 11.0 Å². The molecule has 1 rings (SSSR count). The van der Waals surface area contributed by atoms with Crippen LogP contribution in [0.4, 0.5) is 4.79 Å². The van der Waals surface area contributed by atoms with Crippen molar-refractivity contribution in [3.05, 3.63) is 0 Å². The molecule has 1 amide bonds. The van der Waals surface area contributed by atoms with Crippen molar-refractivity contribution in [3.8, 4) is 0 Å². The molecule has 7 heteroatoms. The lowest BCUT2D eigenvalue weighted by Crippen LogP contribution is -2.20. The number of rotatable bonds is 3. The van der Waals surface area contributed by atoms with Crippen LogP contribution in [0.1, 0.15) is 13.3 Å². The first kappa shape index (κ1) is 12.8. The average molecular weight is 246 g/mol. The van der Waals surface area contributed by atoms with Crippen LogP contribution in [0.5, 0.6) is 0 Å². The van der Waals surface area contributed by atoms with E-state index in [-0.39, 0.29) is 11.9 Å². The quantitative estimate of drug-likeness (QED) is 0.593. The van der Waals surface area contributed by atoms with E-state index in [1.54, 1.807) is 6.92 Å². The van der Waals surface area contributed by atoms with Crippen molar-refractivity contribution >= 4 is 28.9 Å². The van der Waals surface area contributed by atoms with Gasteiger partial charge in [0.1, 0.15) is 0 Å². The fourth-order valence-corrected chi connectivity index (χ4v) is 2.27. The van der Waals surface area contributed by atoms with Gasteiger partial charge in [-0.15, -0.1) is 11.8 Å². The Labute approximate surface area is 97.7 Å². The first-order chi connectivity index (χ1) is 7.67. The summed E-state index contributed by atoms with van der Waals surface area (Å²) in [4.78, 5) is 22.1. The summed E-state index contributed by atoms with van der Waals surface area (Å²) in [6.07, 6.45) is -0.0823. The van der Waals surface area contributed by atoms with E-state index in [1.165, 1.54) is 18.9 Å². The summed E-state index contributed by atoms with van der Waals surface area (Å²) in [6.45, 7) is 2.01. The molecule has 0 radical (unpaired) electrons. The van der Waals surface area contributed by atoms with Crippen LogP contribution < -0.4 is 5.43 Å². The molecule has 0 aromatic heterocycles. The van der Waals surface area contributed by atoms with E-state index in [0.29, 0.717) is 23.8 Å². The van der Waals surface area contributed by atoms with Crippen LogP contribution in [0.15, 0.2) is 5.10 Å². The second-order valence-corrected chi connectivity index (χ2v) is 4.17. The van der Waals surface area contributed by atoms with Gasteiger partial charge in [0.05, 0.1) is 24.7 Å². The molecule has 1 heterocycles. The lowest BCUT2D eigenvalue weighted by atomic mass is 10.1. The highest BCUT2D eigenvalue weighted by Crippen LogP contribution is 2.27. The van der Waals surface area contributed by atoms with Gasteiger partial charge in [-0.3, -0.25) is 4.79 Å². The summed E-state index contributed by atoms with van der Waals surface area (Å²) in [5, 5.41) is 4.57. The fourth-order valence-electron chi connectivity index (χ4n) is 1.19. The standard InChI is InChI=1S/C9H14N2O4S/c1-3-15-9(13)11-10-7-4-6(5-16-7)8(12)14-2/h6H,3-5H2,1-2H3,(H,11,13)/b10-7-/t6-/m0/s1. The molecule has 0 aromatic carbocycles. The fraction of sp³-hybridized carbons (Fsp3) is 0.667. The largest absolute Gasteiger partial charge is 0.469 e. The number of carbonyl (C=O) groups is 2. The van der Waals surface area contributed by atoms with Gasteiger partial charge in [-0.25, -0.2) is 10.2 Å². The van der Waals surface area contributed by atoms with Crippen LogP contribution in [0.25, 0.3) is 0 Å². The van der Waals surface area contributed by atoms with Crippen LogP contribution in [0, 0.1) is 5.92 Å². The molecule has 6 nitrogen and oxygen atoms in total. The Morgan fingerprint density at radius 2 is 2.38 bits per heavy atom. The minimum atomic E-state index is -0.586. The summed E-state index contributed by atoms with van der Waals surface area (Å²) < 4.78 is 9.27. The van der Waals surface area contributed by atoms with Crippen LogP contribution in [-0.4, -0.2) is 36.6 Å². The molecule has 16 heavy (non-hydrogen) atoms. The number of hydrazone groups is 1. The Morgan fingerprint density at radius 3 is 3.00 bits per heavy atom. The summed E-state index contributed by atoms with van der Waals surface area (Å²) in [5.74, 6) is 0.224. The molecular weight excluding hydrogens is 232 g/mol. The van der Waals surface area contributed by atoms with Crippen molar-refractivity contribution in [1.29, 1.82) is 0 Å². The number of hydrogen-bond donors (Lipinski definition) is 1. The number of amides is 1. The molecule has 0 spiro atoms. The van der Waals surface area contributed by atoms with Gasteiger partial charge in [0, 0.05) is 12.2 Å². The van der Waals surface area contributed by atoms with Crippen molar-refractivity contribution in [3.63, 3.8) is 0 Å². The molecule has 0 saturated carbocycles. The zero-order valence-electron chi connectivity index (χ0n) is 9.19. The number of methoxy groups -OCH3 is 1. The monoisotopic (exact) mass is 246 g/mol. The maximum absolute atomic E-state index is 11.2. The molecule has 0 aromatic rings. The lowest BCUT2D eigenvalue weighted by Gasteiger charge is -2.03. The number of thioether (sulfide) groups is 1. The molecule has 1 aliphatic heterocycles. The molecule has 1 saturated heterocycles. The molecule has 0 aliphatic carbocycles. The third-order valence-electron chi connectivity index (χ3n) is 1.95. The minimum Gasteiger partial charge on any atom is -0.469 e. The molecular formula is C9H14N2O4S. The zero-order valence-corrected chi connectivity index (χ0v) is 10.0. The summed E-state index contributed by atoms with van der Waals surface area (Å²) in [5.41, 5.74) is 2.26. The number of nitrogens with one attached hydrogen (secondary N) is 1. The number of carbonyl (C=O) groups excluding carboxylic acids is 2. The second-order valence-electron chi connectivity index (χ2n) is 3.07. The predicted molar refractivity (Wildman–Crippen MR) is 60.2 cm³/mol. The van der Waals surface area contributed by atoms with Crippen molar-refractivity contribution in [2.45, 2.75) is 13.3 Å². The van der Waals surface area contributed by atoms with Gasteiger partial charge >= 0.3 is 12.1 Å². The maximum Gasteiger partial charge on any atom is 0.427 e. The molecule has 1 atom stereocenters. The maximum atomic E-state index is 11.2. The first-order valence-corrected chi connectivity index (χ1v) is 5.85. The average Bonchev–Trinajstić information content (AvgIpc) is 2.74. The van der Waals surface area contributed by atoms with Crippen molar-refractivity contribution in [2.75, 3.05) is 19.5 Å². The Bertz CT molecular complexity index is 306. The smallest absolute Gasteiger partial charge is 0.427 e. The SMILES string of the molecule is CCOC(=O)N/N=C1/C[C@H](C(=O)OC)CS1. The van der Waals surface area contributed by atoms with Crippen molar-refractivity contribution in [1.82, 2.24) is 5.43 Å². The highest BCUT2D eigenvalue weighted by Gasteiger charge is 2.28. The van der Waals surface area contributed by atoms with E-state index < -0.39 is 6.09 Å². The van der Waals surface area contributed by atoms with E-state index in [0.717, 1.165) is 0 Å². The van der Waals surface area contributed by atoms with Crippen molar-refractivity contribution < 1.29 is 19.1 Å². The van der Waals surface area contributed by atoms with Gasteiger partial charge in [0.15, 0.2) is 0 Å². The number of ether oxygens (including phenoxy) is 2. The van der Waals surface area contributed by atoms with E-state index in [9.17, 15) is 9.59 Å². The molecule has 0 bridgehead atoms. The number of esters is 1. The van der Waals surface area contributed by atoms with Gasteiger partial charge < -0.3 is 9.47 Å². The zero-order chi connectivity index (χ0) is 12.0. The van der Waals surface area contributed by atoms with Crippen LogP contribution in [0.2, 0.25) is 0 Å².